The molecule has 1 saturated heterocycles. The fourth-order valence-corrected chi connectivity index (χ4v) is 1.96. The van der Waals surface area contributed by atoms with Crippen molar-refractivity contribution in [3.63, 3.8) is 0 Å². The average Bonchev–Trinajstić information content (AvgIpc) is 2.18. The SMILES string of the molecule is CC(=O)OCC1O[C@@H](N)C(C)[C@@H](C)[C@@H]1C. The predicted octanol–water partition coefficient (Wildman–Crippen LogP) is 1.14. The van der Waals surface area contributed by atoms with Gasteiger partial charge in [0.1, 0.15) is 12.8 Å². The van der Waals surface area contributed by atoms with Crippen molar-refractivity contribution in [3.8, 4) is 0 Å². The second-order valence-electron chi connectivity index (χ2n) is 4.52. The molecule has 2 unspecified atom stereocenters. The summed E-state index contributed by atoms with van der Waals surface area (Å²) in [6, 6.07) is 0. The van der Waals surface area contributed by atoms with E-state index in [2.05, 4.69) is 20.8 Å². The third kappa shape index (κ3) is 2.92. The largest absolute Gasteiger partial charge is 0.463 e. The van der Waals surface area contributed by atoms with Gasteiger partial charge in [-0.2, -0.15) is 0 Å². The van der Waals surface area contributed by atoms with Crippen molar-refractivity contribution in [2.24, 2.45) is 23.5 Å². The Morgan fingerprint density at radius 1 is 1.27 bits per heavy atom. The van der Waals surface area contributed by atoms with E-state index in [1.165, 1.54) is 6.92 Å². The highest BCUT2D eigenvalue weighted by atomic mass is 16.6. The zero-order valence-electron chi connectivity index (χ0n) is 9.90. The van der Waals surface area contributed by atoms with Gasteiger partial charge < -0.3 is 15.2 Å². The van der Waals surface area contributed by atoms with Gasteiger partial charge in [-0.1, -0.05) is 20.8 Å². The van der Waals surface area contributed by atoms with Crippen molar-refractivity contribution >= 4 is 5.97 Å². The minimum atomic E-state index is -0.273. The van der Waals surface area contributed by atoms with Crippen LogP contribution in [0, 0.1) is 17.8 Å². The van der Waals surface area contributed by atoms with E-state index < -0.39 is 0 Å². The molecule has 1 heterocycles. The van der Waals surface area contributed by atoms with Gasteiger partial charge in [-0.05, 0) is 17.8 Å². The molecule has 1 rings (SSSR count). The zero-order chi connectivity index (χ0) is 11.6. The van der Waals surface area contributed by atoms with E-state index in [0.717, 1.165) is 0 Å². The molecule has 0 spiro atoms. The van der Waals surface area contributed by atoms with Crippen LogP contribution in [0.3, 0.4) is 0 Å². The Morgan fingerprint density at radius 2 is 1.87 bits per heavy atom. The smallest absolute Gasteiger partial charge is 0.302 e. The maximum absolute atomic E-state index is 10.7. The first-order chi connectivity index (χ1) is 6.93. The fraction of sp³-hybridized carbons (Fsp3) is 0.909. The lowest BCUT2D eigenvalue weighted by molar-refractivity contribution is -0.167. The molecule has 0 bridgehead atoms. The third-order valence-corrected chi connectivity index (χ3v) is 3.55. The molecule has 4 heteroatoms. The highest BCUT2D eigenvalue weighted by Crippen LogP contribution is 2.33. The van der Waals surface area contributed by atoms with Crippen molar-refractivity contribution in [2.75, 3.05) is 6.61 Å². The monoisotopic (exact) mass is 215 g/mol. The van der Waals surface area contributed by atoms with Crippen LogP contribution in [0.1, 0.15) is 27.7 Å². The molecule has 0 aromatic carbocycles. The maximum Gasteiger partial charge on any atom is 0.302 e. The summed E-state index contributed by atoms with van der Waals surface area (Å²) in [4.78, 5) is 10.7. The molecule has 5 atom stereocenters. The number of carbonyl (C=O) groups excluding carboxylic acids is 1. The summed E-state index contributed by atoms with van der Waals surface area (Å²) in [5.74, 6) is 0.910. The summed E-state index contributed by atoms with van der Waals surface area (Å²) in [7, 11) is 0. The minimum Gasteiger partial charge on any atom is -0.463 e. The Kier molecular flexibility index (Phi) is 4.11. The van der Waals surface area contributed by atoms with Crippen LogP contribution in [-0.4, -0.2) is 24.9 Å². The molecular weight excluding hydrogens is 194 g/mol. The molecule has 0 aromatic heterocycles. The maximum atomic E-state index is 10.7. The minimum absolute atomic E-state index is 0.0740. The van der Waals surface area contributed by atoms with Crippen LogP contribution in [0.5, 0.6) is 0 Å². The predicted molar refractivity (Wildman–Crippen MR) is 57.0 cm³/mol. The summed E-state index contributed by atoms with van der Waals surface area (Å²) in [6.45, 7) is 8.08. The van der Waals surface area contributed by atoms with Crippen molar-refractivity contribution in [1.82, 2.24) is 0 Å². The molecule has 4 nitrogen and oxygen atoms in total. The van der Waals surface area contributed by atoms with Crippen molar-refractivity contribution in [2.45, 2.75) is 40.0 Å². The first kappa shape index (κ1) is 12.5. The van der Waals surface area contributed by atoms with E-state index >= 15 is 0 Å². The first-order valence-electron chi connectivity index (χ1n) is 5.48. The van der Waals surface area contributed by atoms with Crippen LogP contribution in [0.4, 0.5) is 0 Å². The van der Waals surface area contributed by atoms with Gasteiger partial charge in [0.05, 0.1) is 6.10 Å². The molecule has 1 fully saturated rings. The molecule has 0 aliphatic carbocycles. The summed E-state index contributed by atoms with van der Waals surface area (Å²) in [5, 5.41) is 0. The van der Waals surface area contributed by atoms with Crippen molar-refractivity contribution < 1.29 is 14.3 Å². The number of nitrogens with two attached hydrogens (primary N) is 1. The Bertz CT molecular complexity index is 232. The molecule has 0 saturated carbocycles. The van der Waals surface area contributed by atoms with Gasteiger partial charge in [0.25, 0.3) is 0 Å². The Morgan fingerprint density at radius 3 is 2.40 bits per heavy atom. The molecule has 88 valence electrons. The lowest BCUT2D eigenvalue weighted by Gasteiger charge is -2.41. The van der Waals surface area contributed by atoms with Gasteiger partial charge in [-0.3, -0.25) is 4.79 Å². The van der Waals surface area contributed by atoms with E-state index in [1.54, 1.807) is 0 Å². The number of hydrogen-bond acceptors (Lipinski definition) is 4. The molecule has 0 aromatic rings. The molecule has 15 heavy (non-hydrogen) atoms. The molecule has 1 aliphatic heterocycles. The fourth-order valence-electron chi connectivity index (χ4n) is 1.96. The second kappa shape index (κ2) is 4.94. The number of ether oxygens (including phenoxy) is 2. The highest BCUT2D eigenvalue weighted by molar-refractivity contribution is 5.65. The van der Waals surface area contributed by atoms with E-state index in [1.807, 2.05) is 0 Å². The first-order valence-corrected chi connectivity index (χ1v) is 5.48. The Hall–Kier alpha value is -0.610. The van der Waals surface area contributed by atoms with Crippen LogP contribution < -0.4 is 5.73 Å². The molecule has 2 N–H and O–H groups in total. The molecule has 0 amide bonds. The summed E-state index contributed by atoms with van der Waals surface area (Å²) >= 11 is 0. The Balaban J connectivity index is 2.54. The van der Waals surface area contributed by atoms with Gasteiger partial charge >= 0.3 is 5.97 Å². The van der Waals surface area contributed by atoms with E-state index in [0.29, 0.717) is 24.4 Å². The van der Waals surface area contributed by atoms with Crippen molar-refractivity contribution in [1.29, 1.82) is 0 Å². The van der Waals surface area contributed by atoms with Gasteiger partial charge in [-0.25, -0.2) is 0 Å². The lowest BCUT2D eigenvalue weighted by Crippen LogP contribution is -2.50. The van der Waals surface area contributed by atoms with Crippen LogP contribution in [0.15, 0.2) is 0 Å². The van der Waals surface area contributed by atoms with Crippen molar-refractivity contribution in [3.05, 3.63) is 0 Å². The molecule has 1 aliphatic rings. The van der Waals surface area contributed by atoms with Gasteiger partial charge in [0, 0.05) is 6.92 Å². The summed E-state index contributed by atoms with van der Waals surface area (Å²) < 4.78 is 10.6. The number of esters is 1. The van der Waals surface area contributed by atoms with E-state index in [-0.39, 0.29) is 18.3 Å². The topological polar surface area (TPSA) is 61.5 Å². The average molecular weight is 215 g/mol. The second-order valence-corrected chi connectivity index (χ2v) is 4.52. The highest BCUT2D eigenvalue weighted by Gasteiger charge is 2.37. The number of rotatable bonds is 2. The Labute approximate surface area is 91.1 Å². The van der Waals surface area contributed by atoms with E-state index in [4.69, 9.17) is 15.2 Å². The summed E-state index contributed by atoms with van der Waals surface area (Å²) in [6.07, 6.45) is -0.327. The summed E-state index contributed by atoms with van der Waals surface area (Å²) in [5.41, 5.74) is 5.86. The lowest BCUT2D eigenvalue weighted by atomic mass is 9.79. The van der Waals surface area contributed by atoms with Gasteiger partial charge in [-0.15, -0.1) is 0 Å². The van der Waals surface area contributed by atoms with E-state index in [9.17, 15) is 4.79 Å². The zero-order valence-corrected chi connectivity index (χ0v) is 9.90. The van der Waals surface area contributed by atoms with Gasteiger partial charge in [0.15, 0.2) is 0 Å². The van der Waals surface area contributed by atoms with Gasteiger partial charge in [0.2, 0.25) is 0 Å². The molecular formula is C11H21NO3. The third-order valence-electron chi connectivity index (χ3n) is 3.55. The number of hydrogen-bond donors (Lipinski definition) is 1. The molecule has 0 radical (unpaired) electrons. The van der Waals surface area contributed by atoms with Crippen LogP contribution in [0.25, 0.3) is 0 Å². The van der Waals surface area contributed by atoms with Crippen LogP contribution in [0.2, 0.25) is 0 Å². The number of carbonyl (C=O) groups is 1. The van der Waals surface area contributed by atoms with Crippen LogP contribution in [-0.2, 0) is 14.3 Å². The quantitative estimate of drug-likeness (QED) is 0.702. The normalized spacial score (nSPS) is 41.3. The standard InChI is InChI=1S/C11H21NO3/c1-6-7(2)10(5-14-9(4)13)15-11(12)8(6)3/h6-8,10-11H,5,12H2,1-4H3/t6-,7-,8?,10?,11+/m0/s1. The van der Waals surface area contributed by atoms with Crippen LogP contribution >= 0.6 is 0 Å².